The lowest BCUT2D eigenvalue weighted by Gasteiger charge is -2.27. The Kier molecular flexibility index (Phi) is 3.92. The van der Waals surface area contributed by atoms with Crippen LogP contribution in [0, 0.1) is 0 Å². The molecule has 1 aromatic heterocycles. The highest BCUT2D eigenvalue weighted by Gasteiger charge is 2.34. The smallest absolute Gasteiger partial charge is 0.258 e. The van der Waals surface area contributed by atoms with Crippen molar-refractivity contribution in [2.75, 3.05) is 18.0 Å². The molecule has 1 saturated heterocycles. The summed E-state index contributed by atoms with van der Waals surface area (Å²) in [6.45, 7) is 4.72. The van der Waals surface area contributed by atoms with Gasteiger partial charge in [0.05, 0.1) is 23.8 Å². The highest BCUT2D eigenvalue weighted by atomic mass is 16.2. The summed E-state index contributed by atoms with van der Waals surface area (Å²) in [4.78, 5) is 26.1. The van der Waals surface area contributed by atoms with Crippen LogP contribution in [0.1, 0.15) is 53.8 Å². The van der Waals surface area contributed by atoms with Crippen LogP contribution < -0.4 is 4.90 Å². The van der Waals surface area contributed by atoms with Gasteiger partial charge in [0.2, 0.25) is 5.95 Å². The lowest BCUT2D eigenvalue weighted by Crippen LogP contribution is -2.28. The molecular weight excluding hydrogens is 300 g/mol. The molecular formula is C19H22N4O. The van der Waals surface area contributed by atoms with Crippen molar-refractivity contribution in [2.45, 2.75) is 38.8 Å². The molecule has 124 valence electrons. The van der Waals surface area contributed by atoms with Crippen molar-refractivity contribution in [2.24, 2.45) is 0 Å². The SMILES string of the molecule is CCC(c1ccccc1)N1Cc2nc(N3CCCC3)ncc2C1=O. The van der Waals surface area contributed by atoms with E-state index in [1.165, 1.54) is 18.4 Å². The minimum atomic E-state index is 0.0497. The third kappa shape index (κ3) is 2.54. The number of hydrogen-bond donors (Lipinski definition) is 0. The average molecular weight is 322 g/mol. The van der Waals surface area contributed by atoms with Gasteiger partial charge in [0.15, 0.2) is 0 Å². The highest BCUT2D eigenvalue weighted by Crippen LogP contribution is 2.33. The van der Waals surface area contributed by atoms with Gasteiger partial charge in [0.25, 0.3) is 5.91 Å². The molecule has 0 N–H and O–H groups in total. The average Bonchev–Trinajstić information content (AvgIpc) is 3.26. The lowest BCUT2D eigenvalue weighted by molar-refractivity contribution is 0.0695. The molecule has 24 heavy (non-hydrogen) atoms. The number of benzene rings is 1. The van der Waals surface area contributed by atoms with Crippen molar-refractivity contribution in [3.63, 3.8) is 0 Å². The van der Waals surface area contributed by atoms with Gasteiger partial charge in [-0.1, -0.05) is 37.3 Å². The highest BCUT2D eigenvalue weighted by molar-refractivity contribution is 5.97. The zero-order valence-electron chi connectivity index (χ0n) is 14.0. The van der Waals surface area contributed by atoms with Gasteiger partial charge in [-0.25, -0.2) is 9.97 Å². The van der Waals surface area contributed by atoms with Gasteiger partial charge in [-0.2, -0.15) is 0 Å². The lowest BCUT2D eigenvalue weighted by atomic mass is 10.0. The van der Waals surface area contributed by atoms with Crippen LogP contribution in [0.25, 0.3) is 0 Å². The molecule has 0 saturated carbocycles. The van der Waals surface area contributed by atoms with E-state index in [1.807, 2.05) is 23.1 Å². The molecule has 0 spiro atoms. The summed E-state index contributed by atoms with van der Waals surface area (Å²) in [5.41, 5.74) is 2.70. The normalized spacial score (nSPS) is 18.1. The van der Waals surface area contributed by atoms with E-state index in [0.29, 0.717) is 12.1 Å². The summed E-state index contributed by atoms with van der Waals surface area (Å²) < 4.78 is 0. The number of carbonyl (C=O) groups excluding carboxylic acids is 1. The van der Waals surface area contributed by atoms with Crippen LogP contribution in [0.4, 0.5) is 5.95 Å². The van der Waals surface area contributed by atoms with Crippen LogP contribution in [0.2, 0.25) is 0 Å². The molecule has 5 nitrogen and oxygen atoms in total. The number of aromatic nitrogens is 2. The number of anilines is 1. The second-order valence-corrected chi connectivity index (χ2v) is 6.49. The zero-order valence-corrected chi connectivity index (χ0v) is 14.0. The summed E-state index contributed by atoms with van der Waals surface area (Å²) in [6, 6.07) is 10.3. The van der Waals surface area contributed by atoms with E-state index < -0.39 is 0 Å². The second-order valence-electron chi connectivity index (χ2n) is 6.49. The van der Waals surface area contributed by atoms with E-state index in [-0.39, 0.29) is 11.9 Å². The third-order valence-electron chi connectivity index (χ3n) is 5.00. The zero-order chi connectivity index (χ0) is 16.5. The Morgan fingerprint density at radius 2 is 1.92 bits per heavy atom. The fourth-order valence-corrected chi connectivity index (χ4v) is 3.73. The summed E-state index contributed by atoms with van der Waals surface area (Å²) in [7, 11) is 0. The Morgan fingerprint density at radius 3 is 2.62 bits per heavy atom. The molecule has 0 radical (unpaired) electrons. The van der Waals surface area contributed by atoms with Crippen LogP contribution in [0.3, 0.4) is 0 Å². The van der Waals surface area contributed by atoms with Crippen molar-refractivity contribution in [3.8, 4) is 0 Å². The maximum atomic E-state index is 12.8. The van der Waals surface area contributed by atoms with Crippen molar-refractivity contribution in [1.29, 1.82) is 0 Å². The van der Waals surface area contributed by atoms with Gasteiger partial charge in [-0.05, 0) is 24.8 Å². The van der Waals surface area contributed by atoms with Gasteiger partial charge < -0.3 is 9.80 Å². The first kappa shape index (κ1) is 15.1. The van der Waals surface area contributed by atoms with Gasteiger partial charge >= 0.3 is 0 Å². The number of carbonyl (C=O) groups is 1. The molecule has 0 bridgehead atoms. The largest absolute Gasteiger partial charge is 0.341 e. The molecule has 5 heteroatoms. The molecule has 1 aromatic carbocycles. The topological polar surface area (TPSA) is 49.3 Å². The van der Waals surface area contributed by atoms with Crippen LogP contribution >= 0.6 is 0 Å². The molecule has 1 unspecified atom stereocenters. The van der Waals surface area contributed by atoms with Gasteiger partial charge in [0.1, 0.15) is 0 Å². The van der Waals surface area contributed by atoms with E-state index in [9.17, 15) is 4.79 Å². The Hall–Kier alpha value is -2.43. The van der Waals surface area contributed by atoms with Crippen LogP contribution in [0.5, 0.6) is 0 Å². The maximum Gasteiger partial charge on any atom is 0.258 e. The van der Waals surface area contributed by atoms with E-state index in [4.69, 9.17) is 4.98 Å². The van der Waals surface area contributed by atoms with E-state index in [2.05, 4.69) is 28.9 Å². The Morgan fingerprint density at radius 1 is 1.17 bits per heavy atom. The Balaban J connectivity index is 1.62. The van der Waals surface area contributed by atoms with Crippen molar-refractivity contribution >= 4 is 11.9 Å². The fraction of sp³-hybridized carbons (Fsp3) is 0.421. The maximum absolute atomic E-state index is 12.8. The number of fused-ring (bicyclic) bond motifs is 1. The Bertz CT molecular complexity index is 740. The minimum absolute atomic E-state index is 0.0497. The van der Waals surface area contributed by atoms with Gasteiger partial charge in [-0.3, -0.25) is 4.79 Å². The number of nitrogens with zero attached hydrogens (tertiary/aromatic N) is 4. The molecule has 3 heterocycles. The predicted molar refractivity (Wildman–Crippen MR) is 92.8 cm³/mol. The molecule has 4 rings (SSSR count). The summed E-state index contributed by atoms with van der Waals surface area (Å²) in [5, 5.41) is 0. The van der Waals surface area contributed by atoms with Gasteiger partial charge in [0, 0.05) is 19.3 Å². The van der Waals surface area contributed by atoms with Crippen molar-refractivity contribution in [1.82, 2.24) is 14.9 Å². The molecule has 1 atom stereocenters. The summed E-state index contributed by atoms with van der Waals surface area (Å²) in [6.07, 6.45) is 4.99. The fourth-order valence-electron chi connectivity index (χ4n) is 3.73. The number of rotatable bonds is 4. The monoisotopic (exact) mass is 322 g/mol. The van der Waals surface area contributed by atoms with E-state index in [0.717, 1.165) is 31.2 Å². The summed E-state index contributed by atoms with van der Waals surface area (Å²) >= 11 is 0. The first-order valence-corrected chi connectivity index (χ1v) is 8.74. The quantitative estimate of drug-likeness (QED) is 0.867. The minimum Gasteiger partial charge on any atom is -0.341 e. The molecule has 1 fully saturated rings. The molecule has 2 aliphatic heterocycles. The third-order valence-corrected chi connectivity index (χ3v) is 5.00. The first-order chi connectivity index (χ1) is 11.8. The predicted octanol–water partition coefficient (Wildman–Crippen LogP) is 3.18. The van der Waals surface area contributed by atoms with Crippen LogP contribution in [-0.2, 0) is 6.54 Å². The van der Waals surface area contributed by atoms with Crippen molar-refractivity contribution in [3.05, 3.63) is 53.3 Å². The number of hydrogen-bond acceptors (Lipinski definition) is 4. The Labute approximate surface area is 142 Å². The molecule has 2 aromatic rings. The standard InChI is InChI=1S/C19H22N4O/c1-2-17(14-8-4-3-5-9-14)23-13-16-15(18(23)24)12-20-19(21-16)22-10-6-7-11-22/h3-5,8-9,12,17H,2,6-7,10-11,13H2,1H3. The van der Waals surface area contributed by atoms with E-state index in [1.54, 1.807) is 6.20 Å². The molecule has 1 amide bonds. The first-order valence-electron chi connectivity index (χ1n) is 8.74. The summed E-state index contributed by atoms with van der Waals surface area (Å²) in [5.74, 6) is 0.822. The van der Waals surface area contributed by atoms with Crippen LogP contribution in [0.15, 0.2) is 36.5 Å². The van der Waals surface area contributed by atoms with Crippen LogP contribution in [-0.4, -0.2) is 33.9 Å². The molecule has 2 aliphatic rings. The molecule has 0 aliphatic carbocycles. The number of amides is 1. The van der Waals surface area contributed by atoms with E-state index >= 15 is 0 Å². The second kappa shape index (κ2) is 6.23. The van der Waals surface area contributed by atoms with Crippen molar-refractivity contribution < 1.29 is 4.79 Å². The van der Waals surface area contributed by atoms with Gasteiger partial charge in [-0.15, -0.1) is 0 Å².